The van der Waals surface area contributed by atoms with E-state index < -0.39 is 0 Å². The highest BCUT2D eigenvalue weighted by Crippen LogP contribution is 2.01. The largest absolute Gasteiger partial charge is 0.449 e. The molecule has 0 aliphatic carbocycles. The molecule has 1 aliphatic rings. The fourth-order valence-corrected chi connectivity index (χ4v) is 1.43. The molecule has 1 unspecified atom stereocenters. The fourth-order valence-electron chi connectivity index (χ4n) is 1.43. The molecule has 0 aromatic heterocycles. The van der Waals surface area contributed by atoms with E-state index in [4.69, 9.17) is 4.74 Å². The maximum atomic E-state index is 11.3. The summed E-state index contributed by atoms with van der Waals surface area (Å²) >= 11 is 0. The zero-order valence-corrected chi connectivity index (χ0v) is 9.01. The third-order valence-electron chi connectivity index (χ3n) is 2.17. The van der Waals surface area contributed by atoms with Crippen molar-refractivity contribution in [3.63, 3.8) is 0 Å². The molecule has 1 amide bonds. The molecular weight excluding hydrogens is 180 g/mol. The Bertz CT molecular complexity index is 177. The number of carbonyl (C=O) groups is 1. The van der Waals surface area contributed by atoms with Crippen LogP contribution in [0.1, 0.15) is 26.7 Å². The minimum atomic E-state index is -0.285. The molecule has 1 saturated heterocycles. The standard InChI is InChI=1S/C10H20N2O2/c1-8(2)7-14-10(13)12-9-4-3-5-11-6-9/h8-9,11H,3-7H2,1-2H3,(H,12,13). The molecule has 1 heterocycles. The molecule has 0 aromatic rings. The number of amides is 1. The smallest absolute Gasteiger partial charge is 0.407 e. The summed E-state index contributed by atoms with van der Waals surface area (Å²) in [5, 5.41) is 6.09. The lowest BCUT2D eigenvalue weighted by Crippen LogP contribution is -2.45. The highest BCUT2D eigenvalue weighted by atomic mass is 16.5. The number of ether oxygens (including phenoxy) is 1. The molecule has 82 valence electrons. The second-order valence-corrected chi connectivity index (χ2v) is 4.18. The predicted octanol–water partition coefficient (Wildman–Crippen LogP) is 1.12. The first-order chi connectivity index (χ1) is 6.68. The maximum absolute atomic E-state index is 11.3. The van der Waals surface area contributed by atoms with E-state index in [-0.39, 0.29) is 12.1 Å². The Labute approximate surface area is 85.4 Å². The van der Waals surface area contributed by atoms with Crippen molar-refractivity contribution in [2.75, 3.05) is 19.7 Å². The number of nitrogens with one attached hydrogen (secondary N) is 2. The summed E-state index contributed by atoms with van der Waals surface area (Å²) in [5.41, 5.74) is 0. The summed E-state index contributed by atoms with van der Waals surface area (Å²) in [5.74, 6) is 0.394. The quantitative estimate of drug-likeness (QED) is 0.717. The van der Waals surface area contributed by atoms with Gasteiger partial charge in [-0.05, 0) is 25.3 Å². The Morgan fingerprint density at radius 3 is 3.00 bits per heavy atom. The molecule has 1 atom stereocenters. The van der Waals surface area contributed by atoms with E-state index in [0.29, 0.717) is 12.5 Å². The molecule has 2 N–H and O–H groups in total. The number of piperidine rings is 1. The van der Waals surface area contributed by atoms with Crippen molar-refractivity contribution in [2.24, 2.45) is 5.92 Å². The SMILES string of the molecule is CC(C)COC(=O)NC1CCCNC1. The average molecular weight is 200 g/mol. The van der Waals surface area contributed by atoms with Gasteiger partial charge in [0.15, 0.2) is 0 Å². The van der Waals surface area contributed by atoms with E-state index in [1.807, 2.05) is 13.8 Å². The summed E-state index contributed by atoms with van der Waals surface area (Å²) in [6, 6.07) is 0.239. The molecule has 1 fully saturated rings. The molecule has 4 nitrogen and oxygen atoms in total. The summed E-state index contributed by atoms with van der Waals surface area (Å²) in [4.78, 5) is 11.3. The molecule has 4 heteroatoms. The van der Waals surface area contributed by atoms with Crippen molar-refractivity contribution in [3.05, 3.63) is 0 Å². The third-order valence-corrected chi connectivity index (χ3v) is 2.17. The summed E-state index contributed by atoms with van der Waals surface area (Å²) < 4.78 is 5.03. The molecule has 1 aliphatic heterocycles. The Morgan fingerprint density at radius 1 is 1.64 bits per heavy atom. The van der Waals surface area contributed by atoms with Gasteiger partial charge >= 0.3 is 6.09 Å². The molecule has 0 radical (unpaired) electrons. The predicted molar refractivity (Wildman–Crippen MR) is 55.2 cm³/mol. The van der Waals surface area contributed by atoms with E-state index in [2.05, 4.69) is 10.6 Å². The van der Waals surface area contributed by atoms with Crippen molar-refractivity contribution < 1.29 is 9.53 Å². The second kappa shape index (κ2) is 5.86. The molecule has 14 heavy (non-hydrogen) atoms. The van der Waals surface area contributed by atoms with Gasteiger partial charge in [-0.3, -0.25) is 0 Å². The minimum Gasteiger partial charge on any atom is -0.449 e. The van der Waals surface area contributed by atoms with Crippen LogP contribution in [0.15, 0.2) is 0 Å². The van der Waals surface area contributed by atoms with E-state index >= 15 is 0 Å². The third kappa shape index (κ3) is 4.46. The van der Waals surface area contributed by atoms with Crippen LogP contribution in [-0.2, 0) is 4.74 Å². The van der Waals surface area contributed by atoms with Gasteiger partial charge in [0.25, 0.3) is 0 Å². The molecular formula is C10H20N2O2. The van der Waals surface area contributed by atoms with Crippen LogP contribution in [0.3, 0.4) is 0 Å². The van der Waals surface area contributed by atoms with Crippen molar-refractivity contribution in [2.45, 2.75) is 32.7 Å². The zero-order valence-electron chi connectivity index (χ0n) is 9.01. The normalized spacial score (nSPS) is 22.1. The molecule has 0 aromatic carbocycles. The lowest BCUT2D eigenvalue weighted by atomic mass is 10.1. The van der Waals surface area contributed by atoms with Crippen molar-refractivity contribution >= 4 is 6.09 Å². The van der Waals surface area contributed by atoms with Gasteiger partial charge < -0.3 is 15.4 Å². The van der Waals surface area contributed by atoms with Crippen molar-refractivity contribution in [1.82, 2.24) is 10.6 Å². The lowest BCUT2D eigenvalue weighted by molar-refractivity contribution is 0.127. The first-order valence-electron chi connectivity index (χ1n) is 5.32. The van der Waals surface area contributed by atoms with Gasteiger partial charge in [0.05, 0.1) is 6.61 Å². The van der Waals surface area contributed by atoms with Gasteiger partial charge in [-0.2, -0.15) is 0 Å². The van der Waals surface area contributed by atoms with Crippen LogP contribution in [0, 0.1) is 5.92 Å². The van der Waals surface area contributed by atoms with Crippen molar-refractivity contribution in [3.8, 4) is 0 Å². The van der Waals surface area contributed by atoms with Gasteiger partial charge in [-0.15, -0.1) is 0 Å². The van der Waals surface area contributed by atoms with E-state index in [0.717, 1.165) is 25.9 Å². The fraction of sp³-hybridized carbons (Fsp3) is 0.900. The van der Waals surface area contributed by atoms with Crippen LogP contribution in [0.5, 0.6) is 0 Å². The highest BCUT2D eigenvalue weighted by molar-refractivity contribution is 5.67. The Hall–Kier alpha value is -0.770. The monoisotopic (exact) mass is 200 g/mol. The summed E-state index contributed by atoms with van der Waals surface area (Å²) in [6.07, 6.45) is 1.88. The Kier molecular flexibility index (Phi) is 4.73. The number of hydrogen-bond donors (Lipinski definition) is 2. The zero-order chi connectivity index (χ0) is 10.4. The first-order valence-corrected chi connectivity index (χ1v) is 5.32. The number of carbonyl (C=O) groups excluding carboxylic acids is 1. The number of alkyl carbamates (subject to hydrolysis) is 1. The van der Waals surface area contributed by atoms with Crippen molar-refractivity contribution in [1.29, 1.82) is 0 Å². The van der Waals surface area contributed by atoms with Crippen LogP contribution in [0.25, 0.3) is 0 Å². The number of hydrogen-bond acceptors (Lipinski definition) is 3. The van der Waals surface area contributed by atoms with Gasteiger partial charge in [-0.1, -0.05) is 13.8 Å². The number of rotatable bonds is 3. The van der Waals surface area contributed by atoms with Crippen LogP contribution in [0.2, 0.25) is 0 Å². The maximum Gasteiger partial charge on any atom is 0.407 e. The van der Waals surface area contributed by atoms with Gasteiger partial charge in [-0.25, -0.2) is 4.79 Å². The van der Waals surface area contributed by atoms with Gasteiger partial charge in [0.1, 0.15) is 0 Å². The Morgan fingerprint density at radius 2 is 2.43 bits per heavy atom. The lowest BCUT2D eigenvalue weighted by Gasteiger charge is -2.23. The minimum absolute atomic E-state index is 0.239. The average Bonchev–Trinajstić information content (AvgIpc) is 2.16. The van der Waals surface area contributed by atoms with Crippen LogP contribution < -0.4 is 10.6 Å². The summed E-state index contributed by atoms with van der Waals surface area (Å²) in [6.45, 7) is 6.45. The van der Waals surface area contributed by atoms with E-state index in [9.17, 15) is 4.79 Å². The molecule has 0 saturated carbocycles. The van der Waals surface area contributed by atoms with E-state index in [1.54, 1.807) is 0 Å². The molecule has 0 bridgehead atoms. The topological polar surface area (TPSA) is 50.4 Å². The van der Waals surface area contributed by atoms with Gasteiger partial charge in [0.2, 0.25) is 0 Å². The molecule has 0 spiro atoms. The second-order valence-electron chi connectivity index (χ2n) is 4.18. The Balaban J connectivity index is 2.12. The van der Waals surface area contributed by atoms with Crippen LogP contribution >= 0.6 is 0 Å². The van der Waals surface area contributed by atoms with Gasteiger partial charge in [0, 0.05) is 12.6 Å². The van der Waals surface area contributed by atoms with E-state index in [1.165, 1.54) is 0 Å². The van der Waals surface area contributed by atoms with Crippen LogP contribution in [0.4, 0.5) is 4.79 Å². The first kappa shape index (κ1) is 11.3. The van der Waals surface area contributed by atoms with Crippen LogP contribution in [-0.4, -0.2) is 31.8 Å². The highest BCUT2D eigenvalue weighted by Gasteiger charge is 2.15. The summed E-state index contributed by atoms with van der Waals surface area (Å²) in [7, 11) is 0. The molecule has 1 rings (SSSR count).